The van der Waals surface area contributed by atoms with Gasteiger partial charge in [-0.15, -0.1) is 0 Å². The summed E-state index contributed by atoms with van der Waals surface area (Å²) in [5.41, 5.74) is 1.13. The number of halogens is 2. The zero-order valence-electron chi connectivity index (χ0n) is 7.54. The highest BCUT2D eigenvalue weighted by molar-refractivity contribution is 6.30. The molecule has 0 N–H and O–H groups in total. The normalized spacial score (nSPS) is 21.3. The van der Waals surface area contributed by atoms with Gasteiger partial charge in [0, 0.05) is 5.02 Å². The number of allylic oxidation sites excluding steroid dienone is 1. The Morgan fingerprint density at radius 3 is 2.50 bits per heavy atom. The van der Waals surface area contributed by atoms with Crippen LogP contribution in [0.2, 0.25) is 5.02 Å². The maximum atomic E-state index is 5.81. The molecule has 0 aliphatic carbocycles. The zero-order valence-corrected chi connectivity index (χ0v) is 9.05. The van der Waals surface area contributed by atoms with Crippen molar-refractivity contribution in [1.29, 1.82) is 0 Å². The molecule has 0 aromatic heterocycles. The third-order valence-electron chi connectivity index (χ3n) is 2.23. The van der Waals surface area contributed by atoms with E-state index in [4.69, 9.17) is 27.9 Å². The van der Waals surface area contributed by atoms with Crippen molar-refractivity contribution in [2.24, 2.45) is 0 Å². The molecule has 0 saturated carbocycles. The molecule has 0 amide bonds. The van der Waals surface area contributed by atoms with Gasteiger partial charge in [0.2, 0.25) is 0 Å². The van der Waals surface area contributed by atoms with E-state index >= 15 is 0 Å². The van der Waals surface area contributed by atoms with Crippen LogP contribution in [0.3, 0.4) is 0 Å². The standard InChI is InChI=1S/C11H10Cl2O/c12-9-6-4-8(5-7-9)10-2-1-3-11(13)14-10/h3-7,10H,1-2H2/t10-/m1/s1. The molecule has 1 atom stereocenters. The Morgan fingerprint density at radius 1 is 1.14 bits per heavy atom. The first kappa shape index (κ1) is 9.88. The fraction of sp³-hybridized carbons (Fsp3) is 0.273. The van der Waals surface area contributed by atoms with Crippen molar-refractivity contribution in [1.82, 2.24) is 0 Å². The molecule has 0 fully saturated rings. The molecule has 0 spiro atoms. The quantitative estimate of drug-likeness (QED) is 0.698. The van der Waals surface area contributed by atoms with Gasteiger partial charge in [-0.1, -0.05) is 23.7 Å². The lowest BCUT2D eigenvalue weighted by atomic mass is 10.0. The highest BCUT2D eigenvalue weighted by Gasteiger charge is 2.16. The summed E-state index contributed by atoms with van der Waals surface area (Å²) in [5, 5.41) is 1.24. The lowest BCUT2D eigenvalue weighted by Crippen LogP contribution is -2.05. The minimum atomic E-state index is 0.0739. The molecule has 1 aliphatic rings. The van der Waals surface area contributed by atoms with Gasteiger partial charge in [0.1, 0.15) is 6.10 Å². The van der Waals surface area contributed by atoms with Crippen LogP contribution in [0.1, 0.15) is 24.5 Å². The molecule has 1 aromatic carbocycles. The Bertz CT molecular complexity index is 343. The van der Waals surface area contributed by atoms with E-state index in [1.807, 2.05) is 30.3 Å². The van der Waals surface area contributed by atoms with Crippen molar-refractivity contribution < 1.29 is 4.74 Å². The molecule has 0 bridgehead atoms. The van der Waals surface area contributed by atoms with Crippen molar-refractivity contribution in [3.05, 3.63) is 46.1 Å². The Kier molecular flexibility index (Phi) is 2.99. The fourth-order valence-corrected chi connectivity index (χ4v) is 1.85. The molecule has 3 heteroatoms. The Labute approximate surface area is 93.3 Å². The van der Waals surface area contributed by atoms with Crippen molar-refractivity contribution in [3.8, 4) is 0 Å². The molecule has 0 unspecified atom stereocenters. The molecular weight excluding hydrogens is 219 g/mol. The van der Waals surface area contributed by atoms with Crippen LogP contribution in [0, 0.1) is 0 Å². The highest BCUT2D eigenvalue weighted by Crippen LogP contribution is 2.31. The van der Waals surface area contributed by atoms with Gasteiger partial charge in [-0.2, -0.15) is 0 Å². The van der Waals surface area contributed by atoms with E-state index in [-0.39, 0.29) is 6.10 Å². The monoisotopic (exact) mass is 228 g/mol. The Balaban J connectivity index is 2.16. The Hall–Kier alpha value is -0.660. The molecule has 1 aromatic rings. The van der Waals surface area contributed by atoms with Gasteiger partial charge in [0.25, 0.3) is 0 Å². The van der Waals surface area contributed by atoms with Crippen LogP contribution in [-0.2, 0) is 4.74 Å². The van der Waals surface area contributed by atoms with E-state index in [1.54, 1.807) is 0 Å². The molecule has 2 rings (SSSR count). The minimum absolute atomic E-state index is 0.0739. The van der Waals surface area contributed by atoms with Gasteiger partial charge < -0.3 is 4.74 Å². The number of hydrogen-bond acceptors (Lipinski definition) is 1. The molecular formula is C11H10Cl2O. The zero-order chi connectivity index (χ0) is 9.97. The van der Waals surface area contributed by atoms with Crippen LogP contribution in [0.4, 0.5) is 0 Å². The Morgan fingerprint density at radius 2 is 1.86 bits per heavy atom. The fourth-order valence-electron chi connectivity index (χ4n) is 1.50. The summed E-state index contributed by atoms with van der Waals surface area (Å²) in [6.07, 6.45) is 3.91. The summed E-state index contributed by atoms with van der Waals surface area (Å²) in [6, 6.07) is 7.68. The lowest BCUT2D eigenvalue weighted by molar-refractivity contribution is 0.114. The smallest absolute Gasteiger partial charge is 0.183 e. The largest absolute Gasteiger partial charge is 0.475 e. The molecule has 14 heavy (non-hydrogen) atoms. The van der Waals surface area contributed by atoms with Crippen molar-refractivity contribution in [3.63, 3.8) is 0 Å². The van der Waals surface area contributed by atoms with Gasteiger partial charge in [-0.25, -0.2) is 0 Å². The summed E-state index contributed by atoms with van der Waals surface area (Å²) in [4.78, 5) is 0. The van der Waals surface area contributed by atoms with E-state index in [9.17, 15) is 0 Å². The average molecular weight is 229 g/mol. The number of benzene rings is 1. The third kappa shape index (κ3) is 2.23. The maximum absolute atomic E-state index is 5.81. The van der Waals surface area contributed by atoms with Gasteiger partial charge in [-0.05, 0) is 48.2 Å². The van der Waals surface area contributed by atoms with Gasteiger partial charge in [-0.3, -0.25) is 0 Å². The van der Waals surface area contributed by atoms with Crippen LogP contribution >= 0.6 is 23.2 Å². The van der Waals surface area contributed by atoms with E-state index in [0.29, 0.717) is 5.22 Å². The molecule has 1 heterocycles. The van der Waals surface area contributed by atoms with Crippen LogP contribution in [0.5, 0.6) is 0 Å². The van der Waals surface area contributed by atoms with Crippen LogP contribution in [0.15, 0.2) is 35.6 Å². The SMILES string of the molecule is ClC1=CCC[C@H](c2ccc(Cl)cc2)O1. The van der Waals surface area contributed by atoms with Gasteiger partial charge >= 0.3 is 0 Å². The van der Waals surface area contributed by atoms with E-state index in [2.05, 4.69) is 0 Å². The van der Waals surface area contributed by atoms with Crippen LogP contribution in [0.25, 0.3) is 0 Å². The second kappa shape index (κ2) is 4.24. The second-order valence-corrected chi connectivity index (χ2v) is 4.05. The second-order valence-electron chi connectivity index (χ2n) is 3.24. The van der Waals surface area contributed by atoms with E-state index < -0.39 is 0 Å². The topological polar surface area (TPSA) is 9.23 Å². The van der Waals surface area contributed by atoms with Gasteiger partial charge in [0.15, 0.2) is 5.22 Å². The summed E-state index contributed by atoms with van der Waals surface area (Å²) in [7, 11) is 0. The third-order valence-corrected chi connectivity index (χ3v) is 2.73. The summed E-state index contributed by atoms with van der Waals surface area (Å²) >= 11 is 11.6. The minimum Gasteiger partial charge on any atom is -0.475 e. The summed E-state index contributed by atoms with van der Waals surface area (Å²) in [6.45, 7) is 0. The first-order valence-corrected chi connectivity index (χ1v) is 5.29. The lowest BCUT2D eigenvalue weighted by Gasteiger charge is -2.21. The van der Waals surface area contributed by atoms with Crippen molar-refractivity contribution in [2.45, 2.75) is 18.9 Å². The van der Waals surface area contributed by atoms with Gasteiger partial charge in [0.05, 0.1) is 0 Å². The van der Waals surface area contributed by atoms with Crippen molar-refractivity contribution in [2.75, 3.05) is 0 Å². The van der Waals surface area contributed by atoms with Crippen LogP contribution in [-0.4, -0.2) is 0 Å². The number of rotatable bonds is 1. The van der Waals surface area contributed by atoms with Crippen molar-refractivity contribution >= 4 is 23.2 Å². The highest BCUT2D eigenvalue weighted by atomic mass is 35.5. The predicted molar refractivity (Wildman–Crippen MR) is 58.4 cm³/mol. The maximum Gasteiger partial charge on any atom is 0.183 e. The summed E-state index contributed by atoms with van der Waals surface area (Å²) < 4.78 is 5.50. The average Bonchev–Trinajstić information content (AvgIpc) is 2.19. The number of ether oxygens (including phenoxy) is 1. The molecule has 1 nitrogen and oxygen atoms in total. The van der Waals surface area contributed by atoms with E-state index in [1.165, 1.54) is 0 Å². The first-order valence-electron chi connectivity index (χ1n) is 4.53. The van der Waals surface area contributed by atoms with Crippen LogP contribution < -0.4 is 0 Å². The first-order chi connectivity index (χ1) is 6.75. The molecule has 0 radical (unpaired) electrons. The molecule has 1 aliphatic heterocycles. The predicted octanol–water partition coefficient (Wildman–Crippen LogP) is 4.27. The summed E-state index contributed by atoms with van der Waals surface area (Å²) in [5.74, 6) is 0. The number of hydrogen-bond donors (Lipinski definition) is 0. The molecule has 0 saturated heterocycles. The molecule has 74 valence electrons. The van der Waals surface area contributed by atoms with E-state index in [0.717, 1.165) is 23.4 Å².